The molecule has 3 heteroatoms. The van der Waals surface area contributed by atoms with Crippen LogP contribution in [0.5, 0.6) is 0 Å². The van der Waals surface area contributed by atoms with Gasteiger partial charge in [0, 0.05) is 58.9 Å². The Balaban J connectivity index is 0.00000144. The largest absolute Gasteiger partial charge is 0.305 e. The second-order valence-electron chi connectivity index (χ2n) is 4.69. The van der Waals surface area contributed by atoms with Gasteiger partial charge in [0.1, 0.15) is 0 Å². The molecule has 1 nitrogen and oxygen atoms in total. The predicted molar refractivity (Wildman–Crippen MR) is 72.8 cm³/mol. The van der Waals surface area contributed by atoms with Crippen LogP contribution in [0, 0.1) is 6.07 Å². The van der Waals surface area contributed by atoms with Crippen molar-refractivity contribution in [3.8, 4) is 11.3 Å². The Bertz CT molecular complexity index is 460. The summed E-state index contributed by atoms with van der Waals surface area (Å²) in [5.74, 6) is 0. The van der Waals surface area contributed by atoms with E-state index in [0.717, 1.165) is 11.3 Å². The van der Waals surface area contributed by atoms with Crippen molar-refractivity contribution < 1.29 is 20.1 Å². The van der Waals surface area contributed by atoms with E-state index in [2.05, 4.69) is 49.2 Å². The van der Waals surface area contributed by atoms with Crippen molar-refractivity contribution in [1.29, 1.82) is 0 Å². The van der Waals surface area contributed by atoms with Gasteiger partial charge in [0.2, 0.25) is 0 Å². The van der Waals surface area contributed by atoms with Crippen LogP contribution in [0.2, 0.25) is 0 Å². The van der Waals surface area contributed by atoms with Crippen molar-refractivity contribution in [2.75, 3.05) is 20.0 Å². The minimum Gasteiger partial charge on any atom is -0.305 e. The molecule has 0 aliphatic rings. The van der Waals surface area contributed by atoms with Crippen LogP contribution in [0.4, 0.5) is 0 Å². The maximum absolute atomic E-state index is 4.32. The fraction of sp³-hybridized carbons (Fsp3) is 0.214. The van der Waals surface area contributed by atoms with E-state index in [9.17, 15) is 0 Å². The summed E-state index contributed by atoms with van der Waals surface area (Å²) in [5, 5.41) is 1.41. The molecule has 0 fully saturated rings. The molecule has 0 atom stereocenters. The van der Waals surface area contributed by atoms with Crippen LogP contribution in [0.3, 0.4) is 0 Å². The molecule has 0 saturated heterocycles. The van der Waals surface area contributed by atoms with E-state index >= 15 is 0 Å². The summed E-state index contributed by atoms with van der Waals surface area (Å²) < 4.78 is 0. The summed E-state index contributed by atoms with van der Waals surface area (Å²) in [6.07, 6.45) is 1.81. The first-order valence-corrected chi connectivity index (χ1v) is 8.45. The summed E-state index contributed by atoms with van der Waals surface area (Å²) >= 11 is 0. The maximum Gasteiger partial charge on any atom is 0.0455 e. The zero-order valence-corrected chi connectivity index (χ0v) is 13.6. The van der Waals surface area contributed by atoms with Crippen molar-refractivity contribution in [2.24, 2.45) is 0 Å². The average molecular weight is 421 g/mol. The Kier molecular flexibility index (Phi) is 5.01. The van der Waals surface area contributed by atoms with Gasteiger partial charge >= 0.3 is 0 Å². The number of nitrogens with zero attached hydrogens (tertiary/aromatic N) is 1. The first-order chi connectivity index (χ1) is 7.57. The molecule has 2 aromatic rings. The molecule has 91 valence electrons. The number of benzene rings is 1. The molecule has 1 radical (unpaired) electrons. The average Bonchev–Trinajstić information content (AvgIpc) is 2.29. The van der Waals surface area contributed by atoms with E-state index in [1.807, 2.05) is 24.4 Å². The second-order valence-corrected chi connectivity index (χ2v) is 9.23. The van der Waals surface area contributed by atoms with E-state index in [-0.39, 0.29) is 20.1 Å². The Morgan fingerprint density at radius 2 is 1.82 bits per heavy atom. The van der Waals surface area contributed by atoms with Gasteiger partial charge in [-0.1, -0.05) is 12.1 Å². The Hall–Kier alpha value is -0.551. The number of rotatable bonds is 2. The van der Waals surface area contributed by atoms with Gasteiger partial charge in [0.25, 0.3) is 0 Å². The molecule has 17 heavy (non-hydrogen) atoms. The number of aromatic nitrogens is 1. The first-order valence-electron chi connectivity index (χ1n) is 5.32. The topological polar surface area (TPSA) is 12.9 Å². The van der Waals surface area contributed by atoms with Crippen LogP contribution in [-0.2, 0) is 20.1 Å². The second kappa shape index (κ2) is 5.87. The van der Waals surface area contributed by atoms with Gasteiger partial charge in [0.05, 0.1) is 0 Å². The van der Waals surface area contributed by atoms with E-state index < -0.39 is 7.26 Å². The van der Waals surface area contributed by atoms with Crippen molar-refractivity contribution in [2.45, 2.75) is 0 Å². The third-order valence-corrected chi connectivity index (χ3v) is 4.34. The summed E-state index contributed by atoms with van der Waals surface area (Å²) in [4.78, 5) is 4.32. The normalized spacial score (nSPS) is 10.8. The standard InChI is InChI=1S/C14H16NP.Ir/c1-16(2,3)13-9-7-12(8-10-13)14-6-4-5-11-15-14;/h4-7,9-11H,1-3H3;. The van der Waals surface area contributed by atoms with Crippen LogP contribution in [0.1, 0.15) is 0 Å². The molecule has 0 saturated carbocycles. The van der Waals surface area contributed by atoms with Gasteiger partial charge in [-0.2, -0.15) is 0 Å². The van der Waals surface area contributed by atoms with E-state index in [0.29, 0.717) is 0 Å². The van der Waals surface area contributed by atoms with Crippen molar-refractivity contribution >= 4 is 12.6 Å². The van der Waals surface area contributed by atoms with Crippen molar-refractivity contribution in [3.63, 3.8) is 0 Å². The third kappa shape index (κ3) is 3.71. The minimum absolute atomic E-state index is 0. The zero-order valence-electron chi connectivity index (χ0n) is 10.3. The third-order valence-electron chi connectivity index (χ3n) is 2.51. The zero-order chi connectivity index (χ0) is 11.6. The molecule has 0 amide bonds. The predicted octanol–water partition coefficient (Wildman–Crippen LogP) is 3.08. The molecule has 1 heterocycles. The molecule has 1 aromatic carbocycles. The van der Waals surface area contributed by atoms with Crippen LogP contribution in [0.25, 0.3) is 11.3 Å². The maximum atomic E-state index is 4.32. The quantitative estimate of drug-likeness (QED) is 0.537. The Morgan fingerprint density at radius 1 is 1.06 bits per heavy atom. The summed E-state index contributed by atoms with van der Waals surface area (Å²) in [6, 6.07) is 15.7. The summed E-state index contributed by atoms with van der Waals surface area (Å²) in [6.45, 7) is 6.95. The monoisotopic (exact) mass is 422 g/mol. The Morgan fingerprint density at radius 3 is 2.29 bits per heavy atom. The molecule has 0 bridgehead atoms. The van der Waals surface area contributed by atoms with Gasteiger partial charge in [-0.3, -0.25) is 0 Å². The number of pyridine rings is 1. The molecule has 0 aliphatic carbocycles. The van der Waals surface area contributed by atoms with Gasteiger partial charge < -0.3 is 4.98 Å². The molecule has 0 N–H and O–H groups in total. The number of hydrogen-bond donors (Lipinski definition) is 0. The van der Waals surface area contributed by atoms with Crippen LogP contribution in [-0.4, -0.2) is 25.0 Å². The van der Waals surface area contributed by atoms with E-state index in [1.54, 1.807) is 0 Å². The van der Waals surface area contributed by atoms with Crippen molar-refractivity contribution in [1.82, 2.24) is 4.98 Å². The van der Waals surface area contributed by atoms with Gasteiger partial charge in [-0.15, -0.1) is 29.8 Å². The Labute approximate surface area is 117 Å². The van der Waals surface area contributed by atoms with E-state index in [4.69, 9.17) is 0 Å². The number of hydrogen-bond acceptors (Lipinski definition) is 1. The fourth-order valence-electron chi connectivity index (χ4n) is 1.52. The SMILES string of the molecule is C[P+](C)(C)c1c[c-]c(-c2ccccn2)cc1.[Ir]. The van der Waals surface area contributed by atoms with Gasteiger partial charge in [-0.25, -0.2) is 0 Å². The molecular formula is C14H16IrNP. The molecule has 1 aromatic heterocycles. The smallest absolute Gasteiger partial charge is 0.0455 e. The van der Waals surface area contributed by atoms with Gasteiger partial charge in [0.15, 0.2) is 0 Å². The summed E-state index contributed by atoms with van der Waals surface area (Å²) in [7, 11) is -0.931. The molecule has 0 spiro atoms. The fourth-order valence-corrected chi connectivity index (χ4v) is 2.49. The minimum atomic E-state index is -0.931. The molecular weight excluding hydrogens is 405 g/mol. The van der Waals surface area contributed by atoms with Crippen LogP contribution >= 0.6 is 7.26 Å². The molecule has 2 rings (SSSR count). The molecule has 0 unspecified atom stereocenters. The van der Waals surface area contributed by atoms with Crippen LogP contribution in [0.15, 0.2) is 42.6 Å². The van der Waals surface area contributed by atoms with E-state index in [1.165, 1.54) is 5.30 Å². The van der Waals surface area contributed by atoms with Gasteiger partial charge in [-0.05, 0) is 11.8 Å². The molecule has 0 aliphatic heterocycles. The van der Waals surface area contributed by atoms with Crippen LogP contribution < -0.4 is 5.30 Å². The van der Waals surface area contributed by atoms with Crippen molar-refractivity contribution in [3.05, 3.63) is 48.7 Å². The summed E-state index contributed by atoms with van der Waals surface area (Å²) in [5.41, 5.74) is 2.05. The first kappa shape index (κ1) is 14.5.